The fourth-order valence-electron chi connectivity index (χ4n) is 1.74. The molecule has 2 aromatic heterocycles. The molecule has 0 saturated carbocycles. The predicted octanol–water partition coefficient (Wildman–Crippen LogP) is 1.000. The van der Waals surface area contributed by atoms with Gasteiger partial charge in [-0.05, 0) is 19.1 Å². The summed E-state index contributed by atoms with van der Waals surface area (Å²) in [6, 6.07) is 3.07. The van der Waals surface area contributed by atoms with Gasteiger partial charge in [-0.15, -0.1) is 10.2 Å². The van der Waals surface area contributed by atoms with E-state index in [1.165, 1.54) is 6.07 Å². The Morgan fingerprint density at radius 1 is 1.58 bits per heavy atom. The largest absolute Gasteiger partial charge is 0.475 e. The highest BCUT2D eigenvalue weighted by Gasteiger charge is 2.13. The molecule has 0 aliphatic heterocycles. The van der Waals surface area contributed by atoms with E-state index in [1.54, 1.807) is 12.4 Å². The minimum absolute atomic E-state index is 0.0445. The number of nitrogens with one attached hydrogen (secondary N) is 1. The number of carboxylic acids is 1. The second-order valence-electron chi connectivity index (χ2n) is 4.29. The van der Waals surface area contributed by atoms with Crippen molar-refractivity contribution in [3.8, 4) is 0 Å². The Balaban J connectivity index is 1.85. The van der Waals surface area contributed by atoms with Gasteiger partial charge in [0.15, 0.2) is 0 Å². The molecule has 0 aromatic carbocycles. The van der Waals surface area contributed by atoms with Crippen molar-refractivity contribution in [2.75, 3.05) is 6.54 Å². The molecule has 7 nitrogen and oxygen atoms in total. The molecule has 0 spiro atoms. The lowest BCUT2D eigenvalue weighted by Crippen LogP contribution is -2.22. The summed E-state index contributed by atoms with van der Waals surface area (Å²) in [4.78, 5) is 10.7. The minimum Gasteiger partial charge on any atom is -0.475 e. The molecule has 0 bridgehead atoms. The Bertz CT molecular complexity index is 561. The highest BCUT2D eigenvalue weighted by molar-refractivity contribution is 5.84. The fourth-order valence-corrected chi connectivity index (χ4v) is 1.74. The Kier molecular flexibility index (Phi) is 3.96. The molecular formula is C12H16N4O3. The summed E-state index contributed by atoms with van der Waals surface area (Å²) in [6.45, 7) is 2.62. The van der Waals surface area contributed by atoms with E-state index >= 15 is 0 Å². The van der Waals surface area contributed by atoms with Gasteiger partial charge < -0.3 is 19.4 Å². The SMILES string of the molecule is CC(NCCc1nncn1C)c1ccc(C(=O)O)o1. The first kappa shape index (κ1) is 13.3. The molecule has 2 heterocycles. The van der Waals surface area contributed by atoms with Crippen LogP contribution in [0.15, 0.2) is 22.9 Å². The van der Waals surface area contributed by atoms with Crippen LogP contribution in [0.2, 0.25) is 0 Å². The number of nitrogens with zero attached hydrogens (tertiary/aromatic N) is 3. The molecule has 0 amide bonds. The maximum Gasteiger partial charge on any atom is 0.371 e. The molecule has 0 aliphatic rings. The molecule has 0 aliphatic carbocycles. The van der Waals surface area contributed by atoms with Crippen LogP contribution >= 0.6 is 0 Å². The molecule has 102 valence electrons. The van der Waals surface area contributed by atoms with Crippen molar-refractivity contribution in [1.29, 1.82) is 0 Å². The molecule has 0 saturated heterocycles. The average Bonchev–Trinajstić information content (AvgIpc) is 2.98. The summed E-state index contributed by atoms with van der Waals surface area (Å²) in [5.41, 5.74) is 0. The van der Waals surface area contributed by atoms with Gasteiger partial charge in [0.05, 0.1) is 6.04 Å². The van der Waals surface area contributed by atoms with E-state index in [2.05, 4.69) is 15.5 Å². The third kappa shape index (κ3) is 3.19. The fraction of sp³-hybridized carbons (Fsp3) is 0.417. The summed E-state index contributed by atoms with van der Waals surface area (Å²) >= 11 is 0. The number of aromatic carboxylic acids is 1. The van der Waals surface area contributed by atoms with Gasteiger partial charge in [-0.25, -0.2) is 4.79 Å². The normalized spacial score (nSPS) is 12.5. The van der Waals surface area contributed by atoms with Crippen LogP contribution in [0.5, 0.6) is 0 Å². The van der Waals surface area contributed by atoms with E-state index in [4.69, 9.17) is 9.52 Å². The second-order valence-corrected chi connectivity index (χ2v) is 4.29. The van der Waals surface area contributed by atoms with Crippen molar-refractivity contribution < 1.29 is 14.3 Å². The third-order valence-corrected chi connectivity index (χ3v) is 2.87. The smallest absolute Gasteiger partial charge is 0.371 e. The maximum absolute atomic E-state index is 10.7. The van der Waals surface area contributed by atoms with Gasteiger partial charge >= 0.3 is 5.97 Å². The first-order valence-electron chi connectivity index (χ1n) is 5.97. The average molecular weight is 264 g/mol. The van der Waals surface area contributed by atoms with E-state index in [-0.39, 0.29) is 11.8 Å². The zero-order chi connectivity index (χ0) is 13.8. The Hall–Kier alpha value is -2.15. The van der Waals surface area contributed by atoms with Crippen molar-refractivity contribution in [3.63, 3.8) is 0 Å². The number of hydrogen-bond acceptors (Lipinski definition) is 5. The van der Waals surface area contributed by atoms with Crippen molar-refractivity contribution in [2.24, 2.45) is 7.05 Å². The molecule has 1 atom stereocenters. The molecule has 2 N–H and O–H groups in total. The second kappa shape index (κ2) is 5.66. The number of hydrogen-bond donors (Lipinski definition) is 2. The third-order valence-electron chi connectivity index (χ3n) is 2.87. The highest BCUT2D eigenvalue weighted by atomic mass is 16.4. The first-order valence-corrected chi connectivity index (χ1v) is 5.97. The zero-order valence-electron chi connectivity index (χ0n) is 10.8. The summed E-state index contributed by atoms with van der Waals surface area (Å²) in [7, 11) is 1.89. The van der Waals surface area contributed by atoms with Crippen molar-refractivity contribution in [2.45, 2.75) is 19.4 Å². The molecule has 0 fully saturated rings. The van der Waals surface area contributed by atoms with E-state index in [0.29, 0.717) is 12.3 Å². The lowest BCUT2D eigenvalue weighted by molar-refractivity contribution is 0.0659. The van der Waals surface area contributed by atoms with Crippen LogP contribution in [-0.4, -0.2) is 32.4 Å². The molecule has 7 heteroatoms. The number of aromatic nitrogens is 3. The minimum atomic E-state index is -1.06. The topological polar surface area (TPSA) is 93.2 Å². The van der Waals surface area contributed by atoms with Crippen LogP contribution in [0.3, 0.4) is 0 Å². The van der Waals surface area contributed by atoms with Crippen LogP contribution in [0.1, 0.15) is 35.1 Å². The molecule has 2 aromatic rings. The summed E-state index contributed by atoms with van der Waals surface area (Å²) in [5.74, 6) is 0.398. The summed E-state index contributed by atoms with van der Waals surface area (Å²) in [6.07, 6.45) is 2.40. The van der Waals surface area contributed by atoms with Gasteiger partial charge in [0.1, 0.15) is 17.9 Å². The van der Waals surface area contributed by atoms with Crippen molar-refractivity contribution in [3.05, 3.63) is 35.8 Å². The van der Waals surface area contributed by atoms with Gasteiger partial charge in [-0.1, -0.05) is 0 Å². The van der Waals surface area contributed by atoms with Gasteiger partial charge in [0.2, 0.25) is 5.76 Å². The number of furan rings is 1. The van der Waals surface area contributed by atoms with E-state index in [0.717, 1.165) is 12.2 Å². The molecule has 1 unspecified atom stereocenters. The van der Waals surface area contributed by atoms with Crippen LogP contribution in [0.4, 0.5) is 0 Å². The predicted molar refractivity (Wildman–Crippen MR) is 66.8 cm³/mol. The van der Waals surface area contributed by atoms with Gasteiger partial charge in [-0.3, -0.25) is 0 Å². The monoisotopic (exact) mass is 264 g/mol. The van der Waals surface area contributed by atoms with Crippen molar-refractivity contribution >= 4 is 5.97 Å². The van der Waals surface area contributed by atoms with Gasteiger partial charge in [0, 0.05) is 20.0 Å². The van der Waals surface area contributed by atoms with Crippen LogP contribution in [0.25, 0.3) is 0 Å². The van der Waals surface area contributed by atoms with Crippen LogP contribution in [-0.2, 0) is 13.5 Å². The number of rotatable bonds is 6. The first-order chi connectivity index (χ1) is 9.08. The highest BCUT2D eigenvalue weighted by Crippen LogP contribution is 2.16. The zero-order valence-corrected chi connectivity index (χ0v) is 10.8. The lowest BCUT2D eigenvalue weighted by Gasteiger charge is -2.10. The Morgan fingerprint density at radius 2 is 2.37 bits per heavy atom. The van der Waals surface area contributed by atoms with E-state index < -0.39 is 5.97 Å². The molecule has 2 rings (SSSR count). The lowest BCUT2D eigenvalue weighted by atomic mass is 10.2. The summed E-state index contributed by atoms with van der Waals surface area (Å²) < 4.78 is 7.09. The Morgan fingerprint density at radius 3 is 2.95 bits per heavy atom. The Labute approximate surface area is 110 Å². The van der Waals surface area contributed by atoms with Gasteiger partial charge in [0.25, 0.3) is 0 Å². The van der Waals surface area contributed by atoms with Crippen LogP contribution < -0.4 is 5.32 Å². The molecule has 0 radical (unpaired) electrons. The number of carboxylic acid groups (broad SMARTS) is 1. The maximum atomic E-state index is 10.7. The van der Waals surface area contributed by atoms with Crippen LogP contribution in [0, 0.1) is 0 Å². The quantitative estimate of drug-likeness (QED) is 0.808. The standard InChI is InChI=1S/C12H16N4O3/c1-8(9-3-4-10(19-9)12(17)18)13-6-5-11-15-14-7-16(11)2/h3-4,7-8,13H,5-6H2,1-2H3,(H,17,18). The summed E-state index contributed by atoms with van der Waals surface area (Å²) in [5, 5.41) is 19.8. The number of aryl methyl sites for hydroxylation is 1. The molecular weight excluding hydrogens is 248 g/mol. The molecule has 19 heavy (non-hydrogen) atoms. The van der Waals surface area contributed by atoms with Crippen molar-refractivity contribution in [1.82, 2.24) is 20.1 Å². The van der Waals surface area contributed by atoms with E-state index in [9.17, 15) is 4.79 Å². The number of carbonyl (C=O) groups is 1. The van der Waals surface area contributed by atoms with Gasteiger partial charge in [-0.2, -0.15) is 0 Å². The van der Waals surface area contributed by atoms with E-state index in [1.807, 2.05) is 18.5 Å².